The molecule has 2 rings (SSSR count). The Bertz CT molecular complexity index is 685. The van der Waals surface area contributed by atoms with Gasteiger partial charge in [0.15, 0.2) is 0 Å². The van der Waals surface area contributed by atoms with Gasteiger partial charge in [-0.25, -0.2) is 0 Å². The summed E-state index contributed by atoms with van der Waals surface area (Å²) in [4.78, 5) is 4.29. The van der Waals surface area contributed by atoms with Crippen molar-refractivity contribution in [2.45, 2.75) is 13.3 Å². The Morgan fingerprint density at radius 1 is 1.30 bits per heavy atom. The molecule has 2 aromatic rings. The fourth-order valence-corrected chi connectivity index (χ4v) is 2.08. The summed E-state index contributed by atoms with van der Waals surface area (Å²) in [6.07, 6.45) is 1.96. The van der Waals surface area contributed by atoms with Crippen molar-refractivity contribution >= 4 is 23.5 Å². The van der Waals surface area contributed by atoms with E-state index in [1.807, 2.05) is 37.3 Å². The van der Waals surface area contributed by atoms with Gasteiger partial charge in [-0.1, -0.05) is 23.7 Å². The number of aryl methyl sites for hydroxylation is 1. The van der Waals surface area contributed by atoms with Crippen molar-refractivity contribution in [1.82, 2.24) is 0 Å². The monoisotopic (exact) mass is 284 g/mol. The van der Waals surface area contributed by atoms with Gasteiger partial charge in [-0.15, -0.1) is 0 Å². The summed E-state index contributed by atoms with van der Waals surface area (Å²) in [7, 11) is 0. The van der Waals surface area contributed by atoms with E-state index in [0.29, 0.717) is 17.0 Å². The molecule has 0 saturated carbocycles. The van der Waals surface area contributed by atoms with Crippen LogP contribution in [-0.4, -0.2) is 11.3 Å². The molecule has 0 bridgehead atoms. The molecular weight excluding hydrogens is 272 g/mol. The van der Waals surface area contributed by atoms with Gasteiger partial charge in [0.05, 0.1) is 23.2 Å². The highest BCUT2D eigenvalue weighted by Gasteiger charge is 2.04. The van der Waals surface area contributed by atoms with E-state index in [0.717, 1.165) is 16.8 Å². The van der Waals surface area contributed by atoms with Gasteiger partial charge in [-0.2, -0.15) is 5.26 Å². The second kappa shape index (κ2) is 6.23. The molecule has 100 valence electrons. The van der Waals surface area contributed by atoms with Crippen LogP contribution in [0.15, 0.2) is 41.4 Å². The van der Waals surface area contributed by atoms with Crippen LogP contribution in [-0.2, 0) is 6.42 Å². The average Bonchev–Trinajstić information content (AvgIpc) is 2.43. The highest BCUT2D eigenvalue weighted by Crippen LogP contribution is 2.28. The molecular formula is C16H13ClN2O. The van der Waals surface area contributed by atoms with Crippen molar-refractivity contribution in [2.75, 3.05) is 0 Å². The minimum atomic E-state index is 0.0297. The predicted molar refractivity (Wildman–Crippen MR) is 80.9 cm³/mol. The van der Waals surface area contributed by atoms with Crippen LogP contribution in [0.4, 0.5) is 5.69 Å². The molecule has 0 unspecified atom stereocenters. The predicted octanol–water partition coefficient (Wildman–Crippen LogP) is 4.17. The third-order valence-electron chi connectivity index (χ3n) is 2.81. The summed E-state index contributed by atoms with van der Waals surface area (Å²) in [5.41, 5.74) is 3.24. The second-order valence-electron chi connectivity index (χ2n) is 4.44. The zero-order chi connectivity index (χ0) is 14.5. The number of phenols is 1. The van der Waals surface area contributed by atoms with E-state index >= 15 is 0 Å². The lowest BCUT2D eigenvalue weighted by molar-refractivity contribution is 0.474. The molecule has 3 nitrogen and oxygen atoms in total. The van der Waals surface area contributed by atoms with Gasteiger partial charge in [-0.05, 0) is 42.3 Å². The number of halogens is 1. The van der Waals surface area contributed by atoms with Gasteiger partial charge in [0, 0.05) is 11.8 Å². The van der Waals surface area contributed by atoms with E-state index < -0.39 is 0 Å². The first kappa shape index (κ1) is 14.1. The molecule has 1 N–H and O–H groups in total. The second-order valence-corrected chi connectivity index (χ2v) is 4.85. The lowest BCUT2D eigenvalue weighted by Crippen LogP contribution is -1.86. The number of nitrogens with zero attached hydrogens (tertiary/aromatic N) is 2. The number of rotatable bonds is 3. The zero-order valence-electron chi connectivity index (χ0n) is 11.0. The number of aromatic hydroxyl groups is 1. The van der Waals surface area contributed by atoms with Crippen molar-refractivity contribution in [3.8, 4) is 11.8 Å². The van der Waals surface area contributed by atoms with Crippen LogP contribution in [0.25, 0.3) is 0 Å². The molecule has 0 aromatic heterocycles. The zero-order valence-corrected chi connectivity index (χ0v) is 11.7. The van der Waals surface area contributed by atoms with Gasteiger partial charge in [0.25, 0.3) is 0 Å². The number of phenolic OH excluding ortho intramolecular Hbond substituents is 1. The third-order valence-corrected chi connectivity index (χ3v) is 3.10. The number of aliphatic imine (C=N–C) groups is 1. The minimum absolute atomic E-state index is 0.0297. The van der Waals surface area contributed by atoms with Gasteiger partial charge in [-0.3, -0.25) is 4.99 Å². The Morgan fingerprint density at radius 2 is 2.00 bits per heavy atom. The first-order valence-corrected chi connectivity index (χ1v) is 6.47. The summed E-state index contributed by atoms with van der Waals surface area (Å²) in [5, 5.41) is 18.8. The molecule has 0 heterocycles. The summed E-state index contributed by atoms with van der Waals surface area (Å²) in [5.74, 6) is 0.0297. The smallest absolute Gasteiger partial charge is 0.142 e. The first-order valence-electron chi connectivity index (χ1n) is 6.09. The fourth-order valence-electron chi connectivity index (χ4n) is 1.80. The molecule has 0 radical (unpaired) electrons. The van der Waals surface area contributed by atoms with Crippen LogP contribution < -0.4 is 0 Å². The van der Waals surface area contributed by atoms with E-state index in [1.165, 1.54) is 0 Å². The van der Waals surface area contributed by atoms with Crippen molar-refractivity contribution in [2.24, 2.45) is 4.99 Å². The van der Waals surface area contributed by atoms with Crippen molar-refractivity contribution < 1.29 is 5.11 Å². The topological polar surface area (TPSA) is 56.4 Å². The maximum absolute atomic E-state index is 9.85. The molecule has 0 aliphatic rings. The molecule has 0 spiro atoms. The van der Waals surface area contributed by atoms with Gasteiger partial charge in [0.1, 0.15) is 5.75 Å². The summed E-state index contributed by atoms with van der Waals surface area (Å²) in [6, 6.07) is 13.0. The van der Waals surface area contributed by atoms with Gasteiger partial charge >= 0.3 is 0 Å². The van der Waals surface area contributed by atoms with Gasteiger partial charge in [0.2, 0.25) is 0 Å². The Hall–Kier alpha value is -2.31. The summed E-state index contributed by atoms with van der Waals surface area (Å²) < 4.78 is 0. The molecule has 0 saturated heterocycles. The van der Waals surface area contributed by atoms with Crippen molar-refractivity contribution in [1.29, 1.82) is 5.26 Å². The quantitative estimate of drug-likeness (QED) is 0.860. The van der Waals surface area contributed by atoms with Crippen LogP contribution in [0.2, 0.25) is 5.02 Å². The van der Waals surface area contributed by atoms with Crippen LogP contribution >= 0.6 is 11.6 Å². The van der Waals surface area contributed by atoms with Crippen LogP contribution in [0.1, 0.15) is 16.7 Å². The van der Waals surface area contributed by atoms with E-state index in [9.17, 15) is 5.11 Å². The van der Waals surface area contributed by atoms with Crippen molar-refractivity contribution in [3.63, 3.8) is 0 Å². The number of hydrogen-bond acceptors (Lipinski definition) is 3. The van der Waals surface area contributed by atoms with E-state index in [1.54, 1.807) is 12.3 Å². The van der Waals surface area contributed by atoms with E-state index in [4.69, 9.17) is 16.9 Å². The highest BCUT2D eigenvalue weighted by molar-refractivity contribution is 6.32. The lowest BCUT2D eigenvalue weighted by atomic mass is 10.1. The summed E-state index contributed by atoms with van der Waals surface area (Å²) in [6.45, 7) is 1.90. The number of benzene rings is 2. The largest absolute Gasteiger partial charge is 0.506 e. The number of nitriles is 1. The molecule has 0 atom stereocenters. The maximum Gasteiger partial charge on any atom is 0.142 e. The molecule has 0 aliphatic heterocycles. The maximum atomic E-state index is 9.85. The molecule has 0 amide bonds. The Labute approximate surface area is 122 Å². The SMILES string of the molecule is Cc1cc(Cl)c(O)c(C=Nc2ccc(CC#N)cc2)c1. The van der Waals surface area contributed by atoms with E-state index in [2.05, 4.69) is 11.1 Å². The molecule has 20 heavy (non-hydrogen) atoms. The van der Waals surface area contributed by atoms with Gasteiger partial charge < -0.3 is 5.11 Å². The third kappa shape index (κ3) is 3.37. The van der Waals surface area contributed by atoms with Crippen LogP contribution in [0.3, 0.4) is 0 Å². The van der Waals surface area contributed by atoms with E-state index in [-0.39, 0.29) is 5.75 Å². The molecule has 4 heteroatoms. The summed E-state index contributed by atoms with van der Waals surface area (Å²) >= 11 is 5.91. The Kier molecular flexibility index (Phi) is 4.39. The minimum Gasteiger partial charge on any atom is -0.506 e. The first-order chi connectivity index (χ1) is 9.60. The molecule has 2 aromatic carbocycles. The lowest BCUT2D eigenvalue weighted by Gasteiger charge is -2.03. The van der Waals surface area contributed by atoms with Crippen molar-refractivity contribution in [3.05, 3.63) is 58.1 Å². The van der Waals surface area contributed by atoms with Crippen LogP contribution in [0, 0.1) is 18.3 Å². The Balaban J connectivity index is 2.23. The standard InChI is InChI=1S/C16H13ClN2O/c1-11-8-13(16(20)15(17)9-11)10-19-14-4-2-12(3-5-14)6-7-18/h2-5,8-10,20H,6H2,1H3. The average molecular weight is 285 g/mol. The Morgan fingerprint density at radius 3 is 2.65 bits per heavy atom. The molecule has 0 aliphatic carbocycles. The normalized spacial score (nSPS) is 10.7. The van der Waals surface area contributed by atoms with Crippen LogP contribution in [0.5, 0.6) is 5.75 Å². The highest BCUT2D eigenvalue weighted by atomic mass is 35.5. The fraction of sp³-hybridized carbons (Fsp3) is 0.125. The number of hydrogen-bond donors (Lipinski definition) is 1. The molecule has 0 fully saturated rings.